The lowest BCUT2D eigenvalue weighted by atomic mass is 9.99. The summed E-state index contributed by atoms with van der Waals surface area (Å²) in [7, 11) is 0. The highest BCUT2D eigenvalue weighted by Gasteiger charge is 2.31. The molecule has 0 aromatic carbocycles. The zero-order chi connectivity index (χ0) is 11.8. The number of nitrogens with zero attached hydrogens (tertiary/aromatic N) is 1. The molecule has 2 rings (SSSR count). The molecule has 1 aliphatic heterocycles. The van der Waals surface area contributed by atoms with Crippen LogP contribution in [0.4, 0.5) is 8.78 Å². The van der Waals surface area contributed by atoms with Crippen molar-refractivity contribution in [2.75, 3.05) is 13.1 Å². The van der Waals surface area contributed by atoms with Gasteiger partial charge >= 0.3 is 0 Å². The van der Waals surface area contributed by atoms with Crippen molar-refractivity contribution in [1.29, 1.82) is 0 Å². The summed E-state index contributed by atoms with van der Waals surface area (Å²) in [5.74, 6) is -1.93. The van der Waals surface area contributed by atoms with Crippen LogP contribution in [0.1, 0.15) is 42.9 Å². The van der Waals surface area contributed by atoms with E-state index in [4.69, 9.17) is 0 Å². The Balaban J connectivity index is 2.23. The first-order chi connectivity index (χ1) is 7.48. The Bertz CT molecular complexity index is 362. The largest absolute Gasteiger partial charge is 0.345 e. The van der Waals surface area contributed by atoms with Crippen molar-refractivity contribution < 1.29 is 8.78 Å². The molecule has 1 saturated heterocycles. The third kappa shape index (κ3) is 2.24. The summed E-state index contributed by atoms with van der Waals surface area (Å²) < 4.78 is 26.4. The van der Waals surface area contributed by atoms with E-state index < -0.39 is 5.92 Å². The van der Waals surface area contributed by atoms with Gasteiger partial charge in [-0.15, -0.1) is 0 Å². The average Bonchev–Trinajstić information content (AvgIpc) is 2.61. The van der Waals surface area contributed by atoms with Crippen LogP contribution in [0.2, 0.25) is 0 Å². The Labute approximate surface area is 93.7 Å². The maximum absolute atomic E-state index is 13.2. The molecule has 2 heterocycles. The first-order valence-corrected chi connectivity index (χ1v) is 5.64. The van der Waals surface area contributed by atoms with Gasteiger partial charge in [-0.2, -0.15) is 8.78 Å². The van der Waals surface area contributed by atoms with E-state index in [1.807, 2.05) is 0 Å². The van der Waals surface area contributed by atoms with E-state index in [1.165, 1.54) is 0 Å². The number of halogens is 2. The fourth-order valence-corrected chi connectivity index (χ4v) is 2.19. The highest BCUT2D eigenvalue weighted by molar-refractivity contribution is 5.19. The molecule has 1 aromatic heterocycles. The van der Waals surface area contributed by atoms with Crippen molar-refractivity contribution in [2.24, 2.45) is 0 Å². The molecule has 0 radical (unpaired) electrons. The summed E-state index contributed by atoms with van der Waals surface area (Å²) in [5, 5.41) is 3.25. The van der Waals surface area contributed by atoms with Gasteiger partial charge in [-0.05, 0) is 26.3 Å². The van der Waals surface area contributed by atoms with E-state index in [-0.39, 0.29) is 11.6 Å². The lowest BCUT2D eigenvalue weighted by molar-refractivity contribution is 0.0124. The van der Waals surface area contributed by atoms with Crippen molar-refractivity contribution in [3.63, 3.8) is 0 Å². The quantitative estimate of drug-likeness (QED) is 0.817. The van der Waals surface area contributed by atoms with E-state index in [0.717, 1.165) is 32.9 Å². The van der Waals surface area contributed by atoms with E-state index in [2.05, 4.69) is 15.3 Å². The number of piperidine rings is 1. The number of H-pyrrole nitrogens is 1. The number of imidazole rings is 1. The smallest absolute Gasteiger partial charge is 0.288 e. The van der Waals surface area contributed by atoms with Crippen LogP contribution in [-0.4, -0.2) is 23.1 Å². The SMILES string of the molecule is Cc1[nH]c(C2CCCNC2)nc1C(C)(F)F. The Morgan fingerprint density at radius 3 is 2.69 bits per heavy atom. The average molecular weight is 229 g/mol. The molecule has 1 fully saturated rings. The summed E-state index contributed by atoms with van der Waals surface area (Å²) in [5.41, 5.74) is 0.362. The van der Waals surface area contributed by atoms with E-state index in [9.17, 15) is 8.78 Å². The molecule has 0 amide bonds. The van der Waals surface area contributed by atoms with Crippen molar-refractivity contribution in [3.05, 3.63) is 17.2 Å². The fraction of sp³-hybridized carbons (Fsp3) is 0.727. The first-order valence-electron chi connectivity index (χ1n) is 5.64. The lowest BCUT2D eigenvalue weighted by Crippen LogP contribution is -2.29. The molecule has 1 aliphatic rings. The third-order valence-electron chi connectivity index (χ3n) is 3.00. The minimum atomic E-state index is -2.86. The molecule has 1 atom stereocenters. The molecule has 3 nitrogen and oxygen atoms in total. The molecule has 5 heteroatoms. The van der Waals surface area contributed by atoms with Crippen LogP contribution in [0.3, 0.4) is 0 Å². The van der Waals surface area contributed by atoms with Crippen LogP contribution in [0.5, 0.6) is 0 Å². The fourth-order valence-electron chi connectivity index (χ4n) is 2.19. The summed E-state index contributed by atoms with van der Waals surface area (Å²) in [4.78, 5) is 7.05. The molecule has 1 unspecified atom stereocenters. The summed E-state index contributed by atoms with van der Waals surface area (Å²) in [6.07, 6.45) is 2.08. The second kappa shape index (κ2) is 4.13. The molecule has 90 valence electrons. The van der Waals surface area contributed by atoms with Crippen molar-refractivity contribution in [1.82, 2.24) is 15.3 Å². The second-order valence-electron chi connectivity index (χ2n) is 4.53. The van der Waals surface area contributed by atoms with Gasteiger partial charge in [-0.25, -0.2) is 4.98 Å². The summed E-state index contributed by atoms with van der Waals surface area (Å²) >= 11 is 0. The number of hydrogen-bond acceptors (Lipinski definition) is 2. The Kier molecular flexibility index (Phi) is 2.97. The van der Waals surface area contributed by atoms with Crippen molar-refractivity contribution in [3.8, 4) is 0 Å². The Morgan fingerprint density at radius 2 is 2.19 bits per heavy atom. The number of rotatable bonds is 2. The van der Waals surface area contributed by atoms with Gasteiger partial charge in [0.1, 0.15) is 11.5 Å². The molecule has 0 saturated carbocycles. The number of hydrogen-bond donors (Lipinski definition) is 2. The normalized spacial score (nSPS) is 22.4. The van der Waals surface area contributed by atoms with Crippen LogP contribution in [0.15, 0.2) is 0 Å². The van der Waals surface area contributed by atoms with Crippen LogP contribution < -0.4 is 5.32 Å². The maximum atomic E-state index is 13.2. The number of alkyl halides is 2. The third-order valence-corrected chi connectivity index (χ3v) is 3.00. The van der Waals surface area contributed by atoms with Gasteiger partial charge in [0.25, 0.3) is 5.92 Å². The molecule has 16 heavy (non-hydrogen) atoms. The maximum Gasteiger partial charge on any atom is 0.288 e. The summed E-state index contributed by atoms with van der Waals surface area (Å²) in [6.45, 7) is 4.37. The van der Waals surface area contributed by atoms with Crippen molar-refractivity contribution in [2.45, 2.75) is 38.5 Å². The van der Waals surface area contributed by atoms with Gasteiger partial charge in [0.15, 0.2) is 0 Å². The first kappa shape index (κ1) is 11.5. The van der Waals surface area contributed by atoms with Gasteiger partial charge < -0.3 is 10.3 Å². The Morgan fingerprint density at radius 1 is 1.44 bits per heavy atom. The van der Waals surface area contributed by atoms with Crippen molar-refractivity contribution >= 4 is 0 Å². The van der Waals surface area contributed by atoms with Gasteiger partial charge in [0.05, 0.1) is 0 Å². The van der Waals surface area contributed by atoms with E-state index in [0.29, 0.717) is 11.5 Å². The minimum absolute atomic E-state index is 0.118. The highest BCUT2D eigenvalue weighted by Crippen LogP contribution is 2.30. The Hall–Kier alpha value is -0.970. The van der Waals surface area contributed by atoms with E-state index in [1.54, 1.807) is 6.92 Å². The standard InChI is InChI=1S/C11H17F2N3/c1-7-9(11(2,12)13)16-10(15-7)8-4-3-5-14-6-8/h8,14H,3-6H2,1-2H3,(H,15,16). The van der Waals surface area contributed by atoms with Crippen LogP contribution in [-0.2, 0) is 5.92 Å². The predicted molar refractivity (Wildman–Crippen MR) is 57.7 cm³/mol. The number of aromatic amines is 1. The molecule has 0 spiro atoms. The molecule has 0 aliphatic carbocycles. The zero-order valence-corrected chi connectivity index (χ0v) is 9.61. The molecular weight excluding hydrogens is 212 g/mol. The number of aromatic nitrogens is 2. The monoisotopic (exact) mass is 229 g/mol. The highest BCUT2D eigenvalue weighted by atomic mass is 19.3. The van der Waals surface area contributed by atoms with Crippen LogP contribution in [0, 0.1) is 6.92 Å². The molecular formula is C11H17F2N3. The second-order valence-corrected chi connectivity index (χ2v) is 4.53. The predicted octanol–water partition coefficient (Wildman–Crippen LogP) is 2.30. The van der Waals surface area contributed by atoms with Gasteiger partial charge in [0, 0.05) is 25.1 Å². The molecule has 2 N–H and O–H groups in total. The van der Waals surface area contributed by atoms with Crippen LogP contribution >= 0.6 is 0 Å². The lowest BCUT2D eigenvalue weighted by Gasteiger charge is -2.20. The molecule has 0 bridgehead atoms. The van der Waals surface area contributed by atoms with Crippen LogP contribution in [0.25, 0.3) is 0 Å². The minimum Gasteiger partial charge on any atom is -0.345 e. The van der Waals surface area contributed by atoms with Gasteiger partial charge in [-0.3, -0.25) is 0 Å². The van der Waals surface area contributed by atoms with E-state index >= 15 is 0 Å². The topological polar surface area (TPSA) is 40.7 Å². The number of nitrogens with one attached hydrogen (secondary N) is 2. The zero-order valence-electron chi connectivity index (χ0n) is 9.61. The van der Waals surface area contributed by atoms with Gasteiger partial charge in [-0.1, -0.05) is 0 Å². The summed E-state index contributed by atoms with van der Waals surface area (Å²) in [6, 6.07) is 0. The van der Waals surface area contributed by atoms with Gasteiger partial charge in [0.2, 0.25) is 0 Å². The number of aryl methyl sites for hydroxylation is 1. The molecule has 1 aromatic rings.